The lowest BCUT2D eigenvalue weighted by molar-refractivity contribution is -0.302. The lowest BCUT2D eigenvalue weighted by Gasteiger charge is -2.40. The number of nitrogens with one attached hydrogen (secondary N) is 1. The fraction of sp³-hybridized carbons (Fsp3) is 0.853. The van der Waals surface area contributed by atoms with Gasteiger partial charge in [-0.1, -0.05) is 115 Å². The van der Waals surface area contributed by atoms with Crippen molar-refractivity contribution in [3.8, 4) is 0 Å². The number of hydrogen-bond acceptors (Lipinski definition) is 8. The van der Waals surface area contributed by atoms with Crippen LogP contribution in [0.15, 0.2) is 24.3 Å². The van der Waals surface area contributed by atoms with Crippen LogP contribution in [0.25, 0.3) is 0 Å². The van der Waals surface area contributed by atoms with E-state index in [-0.39, 0.29) is 12.5 Å². The number of aliphatic hydroxyl groups is 5. The highest BCUT2D eigenvalue weighted by molar-refractivity contribution is 5.76. The Morgan fingerprint density at radius 3 is 1.95 bits per heavy atom. The largest absolute Gasteiger partial charge is 0.394 e. The number of rotatable bonds is 26. The number of ether oxygens (including phenoxy) is 2. The minimum atomic E-state index is -1.56. The SMILES string of the molecule is CCCCCCCCCCC/C=C/CC/C=C/C(O)C(COC1OC(CO)C(O)C(O)C1O)NC(=O)CCCCCCC. The third kappa shape index (κ3) is 18.3. The van der Waals surface area contributed by atoms with Gasteiger partial charge in [-0.2, -0.15) is 0 Å². The third-order valence-corrected chi connectivity index (χ3v) is 8.03. The molecule has 43 heavy (non-hydrogen) atoms. The Bertz CT molecular complexity index is 731. The van der Waals surface area contributed by atoms with Crippen molar-refractivity contribution in [2.45, 2.75) is 172 Å². The van der Waals surface area contributed by atoms with E-state index in [2.05, 4.69) is 31.3 Å². The van der Waals surface area contributed by atoms with E-state index in [0.717, 1.165) is 51.4 Å². The maximum absolute atomic E-state index is 12.6. The smallest absolute Gasteiger partial charge is 0.220 e. The standard InChI is InChI=1S/C34H63NO8/c1-3-5-7-9-10-11-12-13-14-15-16-17-18-20-21-23-28(37)27(35-30(38)24-22-19-8-6-4-2)26-42-34-33(41)32(40)31(39)29(25-36)43-34/h16-17,21,23,27-29,31-34,36-37,39-41H,3-15,18-20,22,24-26H2,1-2H3,(H,35,38)/b17-16+,23-21+. The zero-order chi connectivity index (χ0) is 31.7. The van der Waals surface area contributed by atoms with Gasteiger partial charge in [-0.15, -0.1) is 0 Å². The molecule has 1 amide bonds. The number of hydrogen-bond donors (Lipinski definition) is 6. The number of aliphatic hydroxyl groups excluding tert-OH is 5. The predicted octanol–water partition coefficient (Wildman–Crippen LogP) is 4.82. The van der Waals surface area contributed by atoms with E-state index in [1.807, 2.05) is 6.08 Å². The topological polar surface area (TPSA) is 149 Å². The van der Waals surface area contributed by atoms with Gasteiger partial charge in [0, 0.05) is 6.42 Å². The van der Waals surface area contributed by atoms with Gasteiger partial charge in [0.05, 0.1) is 25.4 Å². The summed E-state index contributed by atoms with van der Waals surface area (Å²) in [6.45, 7) is 3.62. The molecule has 0 bridgehead atoms. The summed E-state index contributed by atoms with van der Waals surface area (Å²) in [6, 6.07) is -0.811. The summed E-state index contributed by atoms with van der Waals surface area (Å²) in [4.78, 5) is 12.6. The zero-order valence-electron chi connectivity index (χ0n) is 27.0. The van der Waals surface area contributed by atoms with Crippen molar-refractivity contribution in [1.29, 1.82) is 0 Å². The molecule has 1 aliphatic heterocycles. The van der Waals surface area contributed by atoms with Crippen molar-refractivity contribution in [2.75, 3.05) is 13.2 Å². The molecular formula is C34H63NO8. The van der Waals surface area contributed by atoms with Crippen LogP contribution in [-0.2, 0) is 14.3 Å². The van der Waals surface area contributed by atoms with Crippen LogP contribution in [0.3, 0.4) is 0 Å². The molecule has 0 aliphatic carbocycles. The number of amides is 1. The van der Waals surface area contributed by atoms with Crippen molar-refractivity contribution in [3.05, 3.63) is 24.3 Å². The maximum Gasteiger partial charge on any atom is 0.220 e. The second-order valence-electron chi connectivity index (χ2n) is 12.0. The Hall–Kier alpha value is -1.33. The first-order chi connectivity index (χ1) is 20.8. The second kappa shape index (κ2) is 25.9. The molecule has 0 saturated carbocycles. The van der Waals surface area contributed by atoms with Gasteiger partial charge in [0.15, 0.2) is 6.29 Å². The lowest BCUT2D eigenvalue weighted by atomic mass is 9.99. The Balaban J connectivity index is 2.49. The van der Waals surface area contributed by atoms with Gasteiger partial charge in [-0.05, 0) is 32.1 Å². The van der Waals surface area contributed by atoms with Crippen LogP contribution in [0, 0.1) is 0 Å². The molecule has 252 valence electrons. The normalized spacial score (nSPS) is 24.1. The highest BCUT2D eigenvalue weighted by atomic mass is 16.7. The summed E-state index contributed by atoms with van der Waals surface area (Å²) >= 11 is 0. The molecule has 7 atom stereocenters. The molecule has 9 nitrogen and oxygen atoms in total. The summed E-state index contributed by atoms with van der Waals surface area (Å²) < 4.78 is 11.0. The van der Waals surface area contributed by atoms with Crippen LogP contribution in [0.2, 0.25) is 0 Å². The number of unbranched alkanes of at least 4 members (excludes halogenated alkanes) is 14. The van der Waals surface area contributed by atoms with Gasteiger partial charge in [0.25, 0.3) is 0 Å². The van der Waals surface area contributed by atoms with E-state index in [0.29, 0.717) is 6.42 Å². The third-order valence-electron chi connectivity index (χ3n) is 8.03. The van der Waals surface area contributed by atoms with Crippen LogP contribution in [-0.4, -0.2) is 87.5 Å². The van der Waals surface area contributed by atoms with Gasteiger partial charge < -0.3 is 40.3 Å². The summed E-state index contributed by atoms with van der Waals surface area (Å²) in [5.41, 5.74) is 0. The molecule has 1 heterocycles. The van der Waals surface area contributed by atoms with Crippen molar-refractivity contribution in [2.24, 2.45) is 0 Å². The number of allylic oxidation sites excluding steroid dienone is 3. The molecule has 1 rings (SSSR count). The van der Waals surface area contributed by atoms with E-state index in [9.17, 15) is 30.3 Å². The molecule has 0 aromatic heterocycles. The van der Waals surface area contributed by atoms with Crippen molar-refractivity contribution < 1.29 is 39.8 Å². The molecule has 1 saturated heterocycles. The van der Waals surface area contributed by atoms with Gasteiger partial charge >= 0.3 is 0 Å². The molecule has 0 spiro atoms. The highest BCUT2D eigenvalue weighted by Crippen LogP contribution is 2.22. The van der Waals surface area contributed by atoms with Crippen molar-refractivity contribution >= 4 is 5.91 Å². The number of carbonyl (C=O) groups is 1. The minimum absolute atomic E-state index is 0.200. The molecular weight excluding hydrogens is 550 g/mol. The van der Waals surface area contributed by atoms with Crippen LogP contribution in [0.1, 0.15) is 129 Å². The van der Waals surface area contributed by atoms with Gasteiger partial charge in [0.1, 0.15) is 24.4 Å². The first-order valence-corrected chi connectivity index (χ1v) is 17.1. The summed E-state index contributed by atoms with van der Waals surface area (Å²) in [7, 11) is 0. The molecule has 0 aromatic rings. The monoisotopic (exact) mass is 613 g/mol. The van der Waals surface area contributed by atoms with E-state index >= 15 is 0 Å². The molecule has 0 radical (unpaired) electrons. The predicted molar refractivity (Wildman–Crippen MR) is 170 cm³/mol. The molecule has 9 heteroatoms. The Labute approximate surface area is 260 Å². The van der Waals surface area contributed by atoms with Crippen molar-refractivity contribution in [3.63, 3.8) is 0 Å². The van der Waals surface area contributed by atoms with Crippen LogP contribution in [0.5, 0.6) is 0 Å². The first kappa shape index (κ1) is 39.7. The van der Waals surface area contributed by atoms with Gasteiger partial charge in [0.2, 0.25) is 5.91 Å². The highest BCUT2D eigenvalue weighted by Gasteiger charge is 2.44. The van der Waals surface area contributed by atoms with E-state index in [1.54, 1.807) is 6.08 Å². The van der Waals surface area contributed by atoms with Gasteiger partial charge in [-0.25, -0.2) is 0 Å². The van der Waals surface area contributed by atoms with Gasteiger partial charge in [-0.3, -0.25) is 4.79 Å². The average molecular weight is 614 g/mol. The molecule has 0 aromatic carbocycles. The van der Waals surface area contributed by atoms with Crippen LogP contribution < -0.4 is 5.32 Å². The summed E-state index contributed by atoms with van der Waals surface area (Å²) in [5.74, 6) is -0.203. The summed E-state index contributed by atoms with van der Waals surface area (Å²) in [6.07, 6.45) is 19.8. The Morgan fingerprint density at radius 1 is 0.767 bits per heavy atom. The van der Waals surface area contributed by atoms with E-state index < -0.39 is 49.5 Å². The quantitative estimate of drug-likeness (QED) is 0.0601. The number of carbonyl (C=O) groups excluding carboxylic acids is 1. The molecule has 1 fully saturated rings. The minimum Gasteiger partial charge on any atom is -0.394 e. The molecule has 7 unspecified atom stereocenters. The van der Waals surface area contributed by atoms with E-state index in [1.165, 1.54) is 57.8 Å². The maximum atomic E-state index is 12.6. The fourth-order valence-electron chi connectivity index (χ4n) is 5.17. The zero-order valence-corrected chi connectivity index (χ0v) is 27.0. The Kier molecular flexibility index (Phi) is 23.9. The lowest BCUT2D eigenvalue weighted by Crippen LogP contribution is -2.60. The van der Waals surface area contributed by atoms with Crippen LogP contribution >= 0.6 is 0 Å². The summed E-state index contributed by atoms with van der Waals surface area (Å²) in [5, 5.41) is 53.4. The first-order valence-electron chi connectivity index (χ1n) is 17.1. The average Bonchev–Trinajstić information content (AvgIpc) is 3.00. The molecule has 1 aliphatic rings. The Morgan fingerprint density at radius 2 is 1.33 bits per heavy atom. The van der Waals surface area contributed by atoms with Crippen LogP contribution in [0.4, 0.5) is 0 Å². The molecule has 6 N–H and O–H groups in total. The second-order valence-corrected chi connectivity index (χ2v) is 12.0. The fourth-order valence-corrected chi connectivity index (χ4v) is 5.17. The van der Waals surface area contributed by atoms with Crippen molar-refractivity contribution in [1.82, 2.24) is 5.32 Å². The van der Waals surface area contributed by atoms with E-state index in [4.69, 9.17) is 9.47 Å².